The number of nitrogens with zero attached hydrogens (tertiary/aromatic N) is 7. The summed E-state index contributed by atoms with van der Waals surface area (Å²) in [4.78, 5) is 6.67. The lowest BCUT2D eigenvalue weighted by Crippen LogP contribution is -2.47. The van der Waals surface area contributed by atoms with Gasteiger partial charge in [0.15, 0.2) is 5.82 Å². The molecule has 0 bridgehead atoms. The van der Waals surface area contributed by atoms with Crippen LogP contribution in [0.5, 0.6) is 0 Å². The Morgan fingerprint density at radius 1 is 0.848 bits per heavy atom. The van der Waals surface area contributed by atoms with Gasteiger partial charge in [-0.05, 0) is 24.7 Å². The maximum atomic E-state index is 12.9. The Bertz CT molecular complexity index is 1320. The zero-order valence-corrected chi connectivity index (χ0v) is 19.1. The van der Waals surface area contributed by atoms with E-state index in [1.807, 2.05) is 48.5 Å². The van der Waals surface area contributed by atoms with Crippen molar-refractivity contribution in [1.29, 1.82) is 0 Å². The van der Waals surface area contributed by atoms with Crippen LogP contribution in [0.3, 0.4) is 0 Å². The van der Waals surface area contributed by atoms with Crippen LogP contribution in [0.1, 0.15) is 5.56 Å². The first kappa shape index (κ1) is 21.5. The van der Waals surface area contributed by atoms with Crippen molar-refractivity contribution < 1.29 is 8.42 Å². The van der Waals surface area contributed by atoms with Crippen molar-refractivity contribution in [3.63, 3.8) is 0 Å². The minimum absolute atomic E-state index is 0.199. The van der Waals surface area contributed by atoms with Crippen molar-refractivity contribution >= 4 is 10.0 Å². The molecule has 0 unspecified atom stereocenters. The number of likely N-dealkylation sites (N-methyl/N-ethyl adjacent to an activating group) is 1. The third-order valence-corrected chi connectivity index (χ3v) is 7.67. The predicted molar refractivity (Wildman–Crippen MR) is 124 cm³/mol. The molecule has 0 amide bonds. The zero-order chi connectivity index (χ0) is 22.8. The van der Waals surface area contributed by atoms with Gasteiger partial charge in [-0.3, -0.25) is 4.68 Å². The number of benzene rings is 1. The summed E-state index contributed by atoms with van der Waals surface area (Å²) in [5.74, 6) is 0.551. The Hall–Kier alpha value is -3.34. The Balaban J connectivity index is 1.30. The molecule has 5 rings (SSSR count). The summed E-state index contributed by atoms with van der Waals surface area (Å²) in [5, 5.41) is 8.85. The van der Waals surface area contributed by atoms with Crippen LogP contribution in [0.15, 0.2) is 78.3 Å². The van der Waals surface area contributed by atoms with Crippen LogP contribution >= 0.6 is 0 Å². The number of rotatable bonds is 6. The van der Waals surface area contributed by atoms with Crippen molar-refractivity contribution in [2.75, 3.05) is 33.2 Å². The topological polar surface area (TPSA) is 89.2 Å². The highest BCUT2D eigenvalue weighted by Gasteiger charge is 2.27. The second-order valence-electron chi connectivity index (χ2n) is 8.15. The van der Waals surface area contributed by atoms with Crippen LogP contribution in [0.4, 0.5) is 0 Å². The molecule has 0 N–H and O–H groups in total. The molecule has 3 aromatic heterocycles. The summed E-state index contributed by atoms with van der Waals surface area (Å²) >= 11 is 0. The molecule has 33 heavy (non-hydrogen) atoms. The first-order valence-corrected chi connectivity index (χ1v) is 12.2. The number of pyridine rings is 1. The van der Waals surface area contributed by atoms with Gasteiger partial charge < -0.3 is 4.90 Å². The van der Waals surface area contributed by atoms with Gasteiger partial charge in [0, 0.05) is 55.9 Å². The second kappa shape index (κ2) is 8.89. The second-order valence-corrected chi connectivity index (χ2v) is 10.1. The molecule has 0 atom stereocenters. The molecule has 1 aliphatic rings. The van der Waals surface area contributed by atoms with Crippen LogP contribution in [0.25, 0.3) is 16.9 Å². The molecule has 0 radical (unpaired) electrons. The maximum absolute atomic E-state index is 12.9. The van der Waals surface area contributed by atoms with E-state index in [0.29, 0.717) is 25.5 Å². The third-order valence-electron chi connectivity index (χ3n) is 5.79. The van der Waals surface area contributed by atoms with E-state index in [4.69, 9.17) is 0 Å². The van der Waals surface area contributed by atoms with Crippen LogP contribution in [-0.4, -0.2) is 75.4 Å². The quantitative estimate of drug-likeness (QED) is 0.435. The van der Waals surface area contributed by atoms with Crippen LogP contribution in [0.2, 0.25) is 0 Å². The lowest BCUT2D eigenvalue weighted by atomic mass is 10.2. The van der Waals surface area contributed by atoms with Crippen LogP contribution in [-0.2, 0) is 16.6 Å². The largest absolute Gasteiger partial charge is 0.304 e. The van der Waals surface area contributed by atoms with E-state index >= 15 is 0 Å². The first-order chi connectivity index (χ1) is 16.0. The predicted octanol–water partition coefficient (Wildman–Crippen LogP) is 2.12. The number of piperazine rings is 1. The normalized spacial score (nSPS) is 15.7. The van der Waals surface area contributed by atoms with Gasteiger partial charge in [0.2, 0.25) is 10.0 Å². The maximum Gasteiger partial charge on any atom is 0.244 e. The molecule has 170 valence electrons. The van der Waals surface area contributed by atoms with Crippen molar-refractivity contribution in [1.82, 2.24) is 33.8 Å². The fraction of sp³-hybridized carbons (Fsp3) is 0.261. The van der Waals surface area contributed by atoms with Gasteiger partial charge in [-0.25, -0.2) is 18.1 Å². The summed E-state index contributed by atoms with van der Waals surface area (Å²) in [6.45, 7) is 3.12. The van der Waals surface area contributed by atoms with Crippen molar-refractivity contribution in [3.05, 3.63) is 79.0 Å². The number of aromatic nitrogens is 5. The summed E-state index contributed by atoms with van der Waals surface area (Å²) in [7, 11) is -1.55. The van der Waals surface area contributed by atoms with E-state index in [9.17, 15) is 8.42 Å². The molecule has 4 aromatic rings. The van der Waals surface area contributed by atoms with Gasteiger partial charge in [0.1, 0.15) is 4.90 Å². The summed E-state index contributed by atoms with van der Waals surface area (Å²) in [5.41, 5.74) is 3.04. The highest BCUT2D eigenvalue weighted by molar-refractivity contribution is 7.89. The van der Waals surface area contributed by atoms with Gasteiger partial charge in [0.25, 0.3) is 0 Å². The molecular weight excluding hydrogens is 438 g/mol. The summed E-state index contributed by atoms with van der Waals surface area (Å²) in [6, 6.07) is 13.4. The molecule has 1 fully saturated rings. The van der Waals surface area contributed by atoms with Gasteiger partial charge in [-0.15, -0.1) is 0 Å². The molecule has 9 nitrogen and oxygen atoms in total. The van der Waals surface area contributed by atoms with E-state index in [1.165, 1.54) is 16.1 Å². The molecule has 10 heteroatoms. The average Bonchev–Trinajstić information content (AvgIpc) is 3.50. The highest BCUT2D eigenvalue weighted by Crippen LogP contribution is 2.21. The standard InChI is InChI=1S/C23H25N7O2S/c1-27-9-11-29(12-10-27)33(31,32)22-7-8-23(24-15-22)30-18-21(14-26-30)20-13-25-28(17-20)16-19-5-3-2-4-6-19/h2-8,13-15,17-18H,9-12,16H2,1H3. The van der Waals surface area contributed by atoms with E-state index in [-0.39, 0.29) is 4.90 Å². The lowest BCUT2D eigenvalue weighted by molar-refractivity contribution is 0.222. The smallest absolute Gasteiger partial charge is 0.244 e. The number of hydrogen-bond donors (Lipinski definition) is 0. The summed E-state index contributed by atoms with van der Waals surface area (Å²) in [6.07, 6.45) is 8.81. The van der Waals surface area contributed by atoms with Gasteiger partial charge >= 0.3 is 0 Å². The number of hydrogen-bond acceptors (Lipinski definition) is 6. The Labute approximate surface area is 193 Å². The number of sulfonamides is 1. The average molecular weight is 464 g/mol. The van der Waals surface area contributed by atoms with Crippen molar-refractivity contribution in [2.24, 2.45) is 0 Å². The van der Waals surface area contributed by atoms with Gasteiger partial charge in [-0.1, -0.05) is 30.3 Å². The van der Waals surface area contributed by atoms with Crippen LogP contribution < -0.4 is 0 Å². The molecular formula is C23H25N7O2S. The van der Waals surface area contributed by atoms with E-state index in [1.54, 1.807) is 23.0 Å². The molecule has 0 aliphatic carbocycles. The molecule has 0 spiro atoms. The van der Waals surface area contributed by atoms with Crippen molar-refractivity contribution in [3.8, 4) is 16.9 Å². The lowest BCUT2D eigenvalue weighted by Gasteiger charge is -2.31. The zero-order valence-electron chi connectivity index (χ0n) is 18.3. The Kier molecular flexibility index (Phi) is 5.79. The minimum Gasteiger partial charge on any atom is -0.304 e. The van der Waals surface area contributed by atoms with E-state index in [0.717, 1.165) is 24.2 Å². The molecule has 4 heterocycles. The fourth-order valence-corrected chi connectivity index (χ4v) is 5.17. The van der Waals surface area contributed by atoms with Crippen molar-refractivity contribution in [2.45, 2.75) is 11.4 Å². The molecule has 0 saturated carbocycles. The minimum atomic E-state index is -3.54. The van der Waals surface area contributed by atoms with E-state index < -0.39 is 10.0 Å². The molecule has 1 saturated heterocycles. The SMILES string of the molecule is CN1CCN(S(=O)(=O)c2ccc(-n3cc(-c4cnn(Cc5ccccc5)c4)cn3)nc2)CC1. The molecule has 1 aromatic carbocycles. The molecule has 1 aliphatic heterocycles. The Morgan fingerprint density at radius 3 is 2.30 bits per heavy atom. The van der Waals surface area contributed by atoms with E-state index in [2.05, 4.69) is 32.2 Å². The monoisotopic (exact) mass is 463 g/mol. The summed E-state index contributed by atoms with van der Waals surface area (Å²) < 4.78 is 30.8. The third kappa shape index (κ3) is 4.58. The van der Waals surface area contributed by atoms with Gasteiger partial charge in [0.05, 0.1) is 18.9 Å². The fourth-order valence-electron chi connectivity index (χ4n) is 3.80. The Morgan fingerprint density at radius 2 is 1.58 bits per heavy atom. The first-order valence-electron chi connectivity index (χ1n) is 10.8. The highest BCUT2D eigenvalue weighted by atomic mass is 32.2. The van der Waals surface area contributed by atoms with Crippen LogP contribution in [0, 0.1) is 0 Å². The van der Waals surface area contributed by atoms with Gasteiger partial charge in [-0.2, -0.15) is 14.5 Å².